The van der Waals surface area contributed by atoms with Crippen molar-refractivity contribution in [3.8, 4) is 0 Å². The summed E-state index contributed by atoms with van der Waals surface area (Å²) in [6.07, 6.45) is 0. The van der Waals surface area contributed by atoms with Crippen LogP contribution in [-0.2, 0) is 4.57 Å². The van der Waals surface area contributed by atoms with Gasteiger partial charge in [0.2, 0.25) is 0 Å². The number of hydrogen-bond acceptors (Lipinski definition) is 6. The Morgan fingerprint density at radius 3 is 1.25 bits per heavy atom. The molecule has 0 bridgehead atoms. The van der Waals surface area contributed by atoms with Crippen LogP contribution in [0.4, 0.5) is 0 Å². The molecule has 0 rings (SSSR count). The van der Waals surface area contributed by atoms with Gasteiger partial charge in [-0.3, -0.25) is 0 Å². The first-order chi connectivity index (χ1) is 3.91. The molecule has 12 heavy (non-hydrogen) atoms. The molecule has 0 aliphatic heterocycles. The number of aliphatic hydroxyl groups is 1. The second-order valence-corrected chi connectivity index (χ2v) is 1.85. The molecule has 0 aromatic rings. The molecule has 0 saturated heterocycles. The minimum absolute atomic E-state index is 0. The maximum atomic E-state index is 8.55. The van der Waals surface area contributed by atoms with Crippen molar-refractivity contribution >= 4 is 7.82 Å². The van der Waals surface area contributed by atoms with Crippen LogP contribution in [0.5, 0.6) is 0 Å². The molecule has 0 aliphatic rings. The van der Waals surface area contributed by atoms with Crippen molar-refractivity contribution in [3.63, 3.8) is 0 Å². The Morgan fingerprint density at radius 2 is 1.25 bits per heavy atom. The van der Waals surface area contributed by atoms with Gasteiger partial charge in [0, 0.05) is 6.54 Å². The third-order valence-corrected chi connectivity index (χ3v) is 0.129. The first-order valence-electron chi connectivity index (χ1n) is 1.95. The zero-order valence-electron chi connectivity index (χ0n) is 7.52. The Morgan fingerprint density at radius 1 is 1.17 bits per heavy atom. The average Bonchev–Trinajstić information content (AvgIpc) is 1.61. The molecule has 0 spiro atoms. The van der Waals surface area contributed by atoms with E-state index in [0.29, 0.717) is 6.54 Å². The van der Waals surface area contributed by atoms with Crippen molar-refractivity contribution in [2.45, 2.75) is 0 Å². The van der Waals surface area contributed by atoms with Crippen molar-refractivity contribution in [2.75, 3.05) is 13.2 Å². The van der Waals surface area contributed by atoms with Crippen molar-refractivity contribution in [2.24, 2.45) is 5.73 Å². The summed E-state index contributed by atoms with van der Waals surface area (Å²) in [6.45, 7) is 0.472. The van der Waals surface area contributed by atoms with Gasteiger partial charge in [-0.25, -0.2) is 0 Å². The van der Waals surface area contributed by atoms with E-state index < -0.39 is 7.82 Å². The van der Waals surface area contributed by atoms with Crippen LogP contribution < -0.4 is 175 Å². The molecular weight excluding hydrogens is 266 g/mol. The zero-order chi connectivity index (χ0) is 7.91. The SMILES string of the molecule is NCCO.O=P([O-])([O-])[O-].[K+].[K+].[K+]. The Kier molecular flexibility index (Phi) is 53.5. The van der Waals surface area contributed by atoms with E-state index in [1.165, 1.54) is 0 Å². The van der Waals surface area contributed by atoms with Gasteiger partial charge >= 0.3 is 154 Å². The molecule has 0 saturated carbocycles. The van der Waals surface area contributed by atoms with Gasteiger partial charge in [0.05, 0.1) is 6.61 Å². The van der Waals surface area contributed by atoms with E-state index in [2.05, 4.69) is 0 Å². The second-order valence-electron chi connectivity index (χ2n) is 0.959. The van der Waals surface area contributed by atoms with Gasteiger partial charge in [-0.05, 0) is 0 Å². The van der Waals surface area contributed by atoms with Crippen LogP contribution >= 0.6 is 7.82 Å². The topological polar surface area (TPSA) is 132 Å². The van der Waals surface area contributed by atoms with E-state index in [1.54, 1.807) is 0 Å². The van der Waals surface area contributed by atoms with Crippen LogP contribution in [0.3, 0.4) is 0 Å². The quantitative estimate of drug-likeness (QED) is 0.360. The molecule has 0 radical (unpaired) electrons. The first-order valence-corrected chi connectivity index (χ1v) is 3.42. The monoisotopic (exact) mass is 273 g/mol. The van der Waals surface area contributed by atoms with E-state index in [9.17, 15) is 0 Å². The summed E-state index contributed by atoms with van der Waals surface area (Å²) >= 11 is 0. The van der Waals surface area contributed by atoms with Crippen LogP contribution in [0.2, 0.25) is 0 Å². The molecule has 10 heteroatoms. The van der Waals surface area contributed by atoms with Crippen LogP contribution in [0, 0.1) is 0 Å². The van der Waals surface area contributed by atoms with E-state index in [0.717, 1.165) is 0 Å². The van der Waals surface area contributed by atoms with E-state index in [1.807, 2.05) is 0 Å². The summed E-state index contributed by atoms with van der Waals surface area (Å²) in [4.78, 5) is 25.6. The Hall–Kier alpha value is 4.94. The Bertz CT molecular complexity index is 88.4. The van der Waals surface area contributed by atoms with E-state index >= 15 is 0 Å². The zero-order valence-corrected chi connectivity index (χ0v) is 17.8. The van der Waals surface area contributed by atoms with Gasteiger partial charge in [-0.2, -0.15) is 7.82 Å². The third kappa shape index (κ3) is 82.3. The molecule has 0 amide bonds. The smallest absolute Gasteiger partial charge is 0.822 e. The fourth-order valence-corrected chi connectivity index (χ4v) is 0. The van der Waals surface area contributed by atoms with Crippen LogP contribution in [0.1, 0.15) is 0 Å². The molecule has 6 nitrogen and oxygen atoms in total. The summed E-state index contributed by atoms with van der Waals surface area (Å²) in [5.41, 5.74) is 4.78. The van der Waals surface area contributed by atoms with E-state index in [4.69, 9.17) is 30.1 Å². The van der Waals surface area contributed by atoms with Crippen molar-refractivity contribution in [3.05, 3.63) is 0 Å². The van der Waals surface area contributed by atoms with Crippen LogP contribution in [-0.4, -0.2) is 18.3 Å². The fourth-order valence-electron chi connectivity index (χ4n) is 0. The van der Waals surface area contributed by atoms with Gasteiger partial charge in [0.25, 0.3) is 0 Å². The number of nitrogens with two attached hydrogens (primary N) is 1. The van der Waals surface area contributed by atoms with Gasteiger partial charge in [0.1, 0.15) is 0 Å². The fraction of sp³-hybridized carbons (Fsp3) is 1.00. The average molecular weight is 273 g/mol. The summed E-state index contributed by atoms with van der Waals surface area (Å²) in [7, 11) is -5.39. The molecule has 58 valence electrons. The maximum Gasteiger partial charge on any atom is 1.00 e. The molecule has 3 N–H and O–H groups in total. The van der Waals surface area contributed by atoms with Crippen molar-refractivity contribution in [1.82, 2.24) is 0 Å². The van der Waals surface area contributed by atoms with E-state index in [-0.39, 0.29) is 161 Å². The molecule has 0 fully saturated rings. The number of phosphoric acid groups is 1. The summed E-state index contributed by atoms with van der Waals surface area (Å²) in [6, 6.07) is 0. The Labute approximate surface area is 199 Å². The summed E-state index contributed by atoms with van der Waals surface area (Å²) < 4.78 is 8.55. The summed E-state index contributed by atoms with van der Waals surface area (Å²) in [5.74, 6) is 0. The second kappa shape index (κ2) is 21.2. The normalized spacial score (nSPS) is 7.42. The number of rotatable bonds is 1. The van der Waals surface area contributed by atoms with Gasteiger partial charge in [0.15, 0.2) is 0 Å². The van der Waals surface area contributed by atoms with Gasteiger partial charge in [-0.15, -0.1) is 0 Å². The van der Waals surface area contributed by atoms with Gasteiger partial charge in [-0.1, -0.05) is 0 Å². The molecule has 0 aromatic carbocycles. The number of hydrogen-bond donors (Lipinski definition) is 2. The molecule has 0 unspecified atom stereocenters. The maximum absolute atomic E-state index is 8.55. The first kappa shape index (κ1) is 30.2. The molecule has 0 aromatic heterocycles. The van der Waals surface area contributed by atoms with Crippen molar-refractivity contribution in [1.29, 1.82) is 0 Å². The standard InChI is InChI=1S/C2H7NO.3K.H3O4P/c3-1-2-4;;;;1-5(2,3)4/h4H,1-3H2;;;;(H3,1,2,3,4)/q;3*+1;/p-3. The molecule has 0 heterocycles. The number of aliphatic hydroxyl groups excluding tert-OH is 1. The Balaban J connectivity index is -0.0000000221. The minimum atomic E-state index is -5.39. The predicted octanol–water partition coefficient (Wildman–Crippen LogP) is -12.9. The molecule has 0 aliphatic carbocycles. The van der Waals surface area contributed by atoms with Crippen LogP contribution in [0.15, 0.2) is 0 Å². The predicted molar refractivity (Wildman–Crippen MR) is 23.7 cm³/mol. The largest absolute Gasteiger partial charge is 1.00 e. The summed E-state index contributed by atoms with van der Waals surface area (Å²) in [5, 5.41) is 7.75. The molecular formula is C2H7K3NO5P. The third-order valence-electron chi connectivity index (χ3n) is 0.129. The molecule has 0 atom stereocenters. The minimum Gasteiger partial charge on any atom is -0.822 e. The van der Waals surface area contributed by atoms with Gasteiger partial charge < -0.3 is 30.1 Å². The van der Waals surface area contributed by atoms with Crippen molar-refractivity contribution < 1.29 is 179 Å². The van der Waals surface area contributed by atoms with Crippen LogP contribution in [0.25, 0.3) is 0 Å².